The Labute approximate surface area is 230 Å². The summed E-state index contributed by atoms with van der Waals surface area (Å²) in [5.74, 6) is 0.864. The molecule has 1 aliphatic rings. The highest BCUT2D eigenvalue weighted by atomic mass is 35.5. The van der Waals surface area contributed by atoms with Crippen molar-refractivity contribution in [2.45, 2.75) is 17.7 Å². The highest BCUT2D eigenvalue weighted by molar-refractivity contribution is 7.92. The SMILES string of the molecule is COc1ccc(NS(=O)(=O)c2cc(NC(=O)c3sc4cc(OC)ccc4c3Cl)ccc2N2CCCC2)cc1. The Balaban J connectivity index is 1.47. The van der Waals surface area contributed by atoms with Gasteiger partial charge in [0.05, 0.1) is 24.9 Å². The van der Waals surface area contributed by atoms with Crippen LogP contribution in [0, 0.1) is 0 Å². The van der Waals surface area contributed by atoms with Gasteiger partial charge in [-0.05, 0) is 73.5 Å². The standard InChI is InChI=1S/C27H26ClN3O5S2/c1-35-19-8-5-17(6-9-19)30-38(33,34)24-15-18(7-12-22(24)31-13-3-4-14-31)29-27(32)26-25(28)21-11-10-20(36-2)16-23(21)37-26/h5-12,15-16,30H,3-4,13-14H2,1-2H3,(H,29,32). The monoisotopic (exact) mass is 571 g/mol. The second-order valence-electron chi connectivity index (χ2n) is 8.77. The molecule has 1 saturated heterocycles. The Morgan fingerprint density at radius 1 is 0.921 bits per heavy atom. The van der Waals surface area contributed by atoms with Crippen LogP contribution >= 0.6 is 22.9 Å². The van der Waals surface area contributed by atoms with Gasteiger partial charge in [0.25, 0.3) is 15.9 Å². The summed E-state index contributed by atoms with van der Waals surface area (Å²) in [5, 5.41) is 3.92. The first-order valence-electron chi connectivity index (χ1n) is 11.9. The number of nitrogens with zero attached hydrogens (tertiary/aromatic N) is 1. The minimum atomic E-state index is -3.98. The molecule has 1 aromatic heterocycles. The maximum atomic E-state index is 13.6. The molecule has 0 aliphatic carbocycles. The second-order valence-corrected chi connectivity index (χ2v) is 11.9. The lowest BCUT2D eigenvalue weighted by molar-refractivity contribution is 0.103. The maximum absolute atomic E-state index is 13.6. The van der Waals surface area contributed by atoms with E-state index in [1.54, 1.807) is 56.7 Å². The molecule has 5 rings (SSSR count). The second kappa shape index (κ2) is 10.7. The van der Waals surface area contributed by atoms with Crippen LogP contribution in [0.3, 0.4) is 0 Å². The predicted octanol–water partition coefficient (Wildman–Crippen LogP) is 6.23. The number of sulfonamides is 1. The van der Waals surface area contributed by atoms with Crippen molar-refractivity contribution in [2.24, 2.45) is 0 Å². The number of carbonyl (C=O) groups is 1. The number of ether oxygens (including phenoxy) is 2. The third kappa shape index (κ3) is 5.24. The molecule has 1 aliphatic heterocycles. The van der Waals surface area contributed by atoms with Crippen LogP contribution in [-0.2, 0) is 10.0 Å². The fourth-order valence-electron chi connectivity index (χ4n) is 4.40. The molecule has 0 saturated carbocycles. The molecule has 2 N–H and O–H groups in total. The van der Waals surface area contributed by atoms with E-state index in [2.05, 4.69) is 10.0 Å². The van der Waals surface area contributed by atoms with Crippen LogP contribution in [0.25, 0.3) is 10.1 Å². The van der Waals surface area contributed by atoms with E-state index < -0.39 is 15.9 Å². The first kappa shape index (κ1) is 26.1. The fourth-order valence-corrected chi connectivity index (χ4v) is 7.15. The topological polar surface area (TPSA) is 97.0 Å². The number of fused-ring (bicyclic) bond motifs is 1. The number of carbonyl (C=O) groups excluding carboxylic acids is 1. The van der Waals surface area contributed by atoms with Crippen molar-refractivity contribution in [3.05, 3.63) is 70.6 Å². The quantitative estimate of drug-likeness (QED) is 0.260. The molecular formula is C27H26ClN3O5S2. The first-order chi connectivity index (χ1) is 18.3. The average molecular weight is 572 g/mol. The highest BCUT2D eigenvalue weighted by Gasteiger charge is 2.26. The third-order valence-corrected chi connectivity index (χ3v) is 9.41. The molecular weight excluding hydrogens is 546 g/mol. The van der Waals surface area contributed by atoms with Crippen LogP contribution in [0.2, 0.25) is 5.02 Å². The van der Waals surface area contributed by atoms with Gasteiger partial charge in [-0.15, -0.1) is 11.3 Å². The molecule has 8 nitrogen and oxygen atoms in total. The van der Waals surface area contributed by atoms with Crippen molar-refractivity contribution in [2.75, 3.05) is 42.2 Å². The van der Waals surface area contributed by atoms with Gasteiger partial charge >= 0.3 is 0 Å². The minimum absolute atomic E-state index is 0.0835. The molecule has 0 spiro atoms. The van der Waals surface area contributed by atoms with Crippen LogP contribution in [0.5, 0.6) is 11.5 Å². The summed E-state index contributed by atoms with van der Waals surface area (Å²) in [5.41, 5.74) is 1.34. The number of rotatable bonds is 8. The van der Waals surface area contributed by atoms with Gasteiger partial charge in [0.15, 0.2) is 0 Å². The zero-order chi connectivity index (χ0) is 26.9. The van der Waals surface area contributed by atoms with Crippen LogP contribution in [0.15, 0.2) is 65.6 Å². The summed E-state index contributed by atoms with van der Waals surface area (Å²) >= 11 is 7.77. The molecule has 11 heteroatoms. The van der Waals surface area contributed by atoms with Crippen molar-refractivity contribution >= 4 is 66.0 Å². The molecule has 0 atom stereocenters. The van der Waals surface area contributed by atoms with Gasteiger partial charge in [-0.1, -0.05) is 11.6 Å². The lowest BCUT2D eigenvalue weighted by atomic mass is 10.2. The van der Waals surface area contributed by atoms with Gasteiger partial charge in [0.1, 0.15) is 21.3 Å². The molecule has 3 aromatic carbocycles. The van der Waals surface area contributed by atoms with Crippen molar-refractivity contribution < 1.29 is 22.7 Å². The van der Waals surface area contributed by atoms with Crippen LogP contribution in [0.1, 0.15) is 22.5 Å². The number of nitrogens with one attached hydrogen (secondary N) is 2. The maximum Gasteiger partial charge on any atom is 0.267 e. The summed E-state index contributed by atoms with van der Waals surface area (Å²) in [6.45, 7) is 1.52. The number of hydrogen-bond donors (Lipinski definition) is 2. The van der Waals surface area contributed by atoms with Gasteiger partial charge < -0.3 is 19.7 Å². The Bertz CT molecular complexity index is 1600. The number of hydrogen-bond acceptors (Lipinski definition) is 7. The smallest absolute Gasteiger partial charge is 0.267 e. The van der Waals surface area contributed by atoms with Crippen molar-refractivity contribution in [1.29, 1.82) is 0 Å². The van der Waals surface area contributed by atoms with Crippen LogP contribution < -0.4 is 24.4 Å². The molecule has 2 heterocycles. The molecule has 1 fully saturated rings. The molecule has 0 unspecified atom stereocenters. The number of halogens is 1. The van der Waals surface area contributed by atoms with Crippen molar-refractivity contribution in [3.63, 3.8) is 0 Å². The van der Waals surface area contributed by atoms with Gasteiger partial charge in [-0.3, -0.25) is 9.52 Å². The number of thiophene rings is 1. The lowest BCUT2D eigenvalue weighted by Crippen LogP contribution is -2.23. The van der Waals surface area contributed by atoms with E-state index in [1.807, 2.05) is 17.0 Å². The number of anilines is 3. The van der Waals surface area contributed by atoms with Crippen LogP contribution in [-0.4, -0.2) is 41.6 Å². The van der Waals surface area contributed by atoms with Crippen molar-refractivity contribution in [3.8, 4) is 11.5 Å². The Hall–Kier alpha value is -3.47. The van der Waals surface area contributed by atoms with Gasteiger partial charge in [-0.2, -0.15) is 0 Å². The van der Waals surface area contributed by atoms with E-state index in [0.29, 0.717) is 38.5 Å². The van der Waals surface area contributed by atoms with E-state index >= 15 is 0 Å². The van der Waals surface area contributed by atoms with Gasteiger partial charge in [0.2, 0.25) is 0 Å². The zero-order valence-corrected chi connectivity index (χ0v) is 23.2. The minimum Gasteiger partial charge on any atom is -0.497 e. The molecule has 38 heavy (non-hydrogen) atoms. The molecule has 0 radical (unpaired) electrons. The zero-order valence-electron chi connectivity index (χ0n) is 20.8. The van der Waals surface area contributed by atoms with E-state index in [9.17, 15) is 13.2 Å². The van der Waals surface area contributed by atoms with E-state index in [0.717, 1.165) is 36.0 Å². The summed E-state index contributed by atoms with van der Waals surface area (Å²) < 4.78 is 41.0. The van der Waals surface area contributed by atoms with E-state index in [1.165, 1.54) is 17.4 Å². The average Bonchev–Trinajstić information content (AvgIpc) is 3.57. The molecule has 0 bridgehead atoms. The van der Waals surface area contributed by atoms with Crippen molar-refractivity contribution in [1.82, 2.24) is 0 Å². The summed E-state index contributed by atoms with van der Waals surface area (Å²) in [4.78, 5) is 15.7. The Morgan fingerprint density at radius 2 is 1.58 bits per heavy atom. The molecule has 4 aromatic rings. The van der Waals surface area contributed by atoms with E-state index in [-0.39, 0.29) is 4.90 Å². The van der Waals surface area contributed by atoms with Gasteiger partial charge in [0, 0.05) is 34.6 Å². The number of amides is 1. The Morgan fingerprint density at radius 3 is 2.26 bits per heavy atom. The van der Waals surface area contributed by atoms with Gasteiger partial charge in [-0.25, -0.2) is 8.42 Å². The van der Waals surface area contributed by atoms with Crippen LogP contribution in [0.4, 0.5) is 17.1 Å². The number of methoxy groups -OCH3 is 2. The lowest BCUT2D eigenvalue weighted by Gasteiger charge is -2.22. The molecule has 1 amide bonds. The summed E-state index contributed by atoms with van der Waals surface area (Å²) in [6.07, 6.45) is 1.97. The Kier molecular flexibility index (Phi) is 7.38. The third-order valence-electron chi connectivity index (χ3n) is 6.34. The van der Waals surface area contributed by atoms with E-state index in [4.69, 9.17) is 21.1 Å². The first-order valence-corrected chi connectivity index (χ1v) is 14.6. The number of benzene rings is 3. The molecule has 198 valence electrons. The summed E-state index contributed by atoms with van der Waals surface area (Å²) in [6, 6.07) is 17.0. The summed E-state index contributed by atoms with van der Waals surface area (Å²) in [7, 11) is -0.861. The largest absolute Gasteiger partial charge is 0.497 e. The highest BCUT2D eigenvalue weighted by Crippen LogP contribution is 2.38. The normalized spacial score (nSPS) is 13.5. The fraction of sp³-hybridized carbons (Fsp3) is 0.222. The predicted molar refractivity (Wildman–Crippen MR) is 153 cm³/mol.